The highest BCUT2D eigenvalue weighted by atomic mass is 19.1. The molecule has 1 atom stereocenters. The fourth-order valence-corrected chi connectivity index (χ4v) is 1.73. The van der Waals surface area contributed by atoms with E-state index in [0.717, 1.165) is 11.3 Å². The monoisotopic (exact) mass is 233 g/mol. The third-order valence-electron chi connectivity index (χ3n) is 2.86. The maximum atomic E-state index is 13.1. The molecule has 0 unspecified atom stereocenters. The van der Waals surface area contributed by atoms with Gasteiger partial charge in [-0.15, -0.1) is 0 Å². The molecule has 17 heavy (non-hydrogen) atoms. The molecule has 0 fully saturated rings. The molecule has 0 radical (unpaired) electrons. The Morgan fingerprint density at radius 3 is 2.88 bits per heavy atom. The van der Waals surface area contributed by atoms with Crippen molar-refractivity contribution in [2.75, 3.05) is 0 Å². The van der Waals surface area contributed by atoms with Crippen molar-refractivity contribution >= 4 is 0 Å². The highest BCUT2D eigenvalue weighted by Crippen LogP contribution is 2.14. The van der Waals surface area contributed by atoms with Crippen LogP contribution in [0.15, 0.2) is 36.5 Å². The normalized spacial score (nSPS) is 12.6. The van der Waals surface area contributed by atoms with E-state index in [1.54, 1.807) is 18.3 Å². The standard InChI is InChI=1S/C13H16FN3/c1-10(11-4-3-5-12(14)8-11)15-9-13-6-7-16-17(13)2/h3-8,10,15H,9H2,1-2H3/t10-/m1/s1. The first-order valence-corrected chi connectivity index (χ1v) is 5.62. The first-order chi connectivity index (χ1) is 8.16. The van der Waals surface area contributed by atoms with Crippen LogP contribution in [0, 0.1) is 5.82 Å². The van der Waals surface area contributed by atoms with Gasteiger partial charge in [-0.2, -0.15) is 5.10 Å². The minimum absolute atomic E-state index is 0.112. The Morgan fingerprint density at radius 2 is 2.24 bits per heavy atom. The number of hydrogen-bond donors (Lipinski definition) is 1. The maximum absolute atomic E-state index is 13.1. The zero-order valence-corrected chi connectivity index (χ0v) is 10.0. The first kappa shape index (κ1) is 11.8. The molecule has 1 N–H and O–H groups in total. The summed E-state index contributed by atoms with van der Waals surface area (Å²) in [6.45, 7) is 2.74. The van der Waals surface area contributed by atoms with Crippen LogP contribution in [0.25, 0.3) is 0 Å². The lowest BCUT2D eigenvalue weighted by molar-refractivity contribution is 0.543. The average molecular weight is 233 g/mol. The predicted octanol–water partition coefficient (Wildman–Crippen LogP) is 2.41. The summed E-state index contributed by atoms with van der Waals surface area (Å²) in [6.07, 6.45) is 1.77. The summed E-state index contributed by atoms with van der Waals surface area (Å²) in [5.74, 6) is -0.198. The number of rotatable bonds is 4. The molecule has 0 bridgehead atoms. The second-order valence-corrected chi connectivity index (χ2v) is 4.10. The van der Waals surface area contributed by atoms with Crippen LogP contribution < -0.4 is 5.32 Å². The summed E-state index contributed by atoms with van der Waals surface area (Å²) in [7, 11) is 1.91. The number of hydrogen-bond acceptors (Lipinski definition) is 2. The second kappa shape index (κ2) is 5.10. The van der Waals surface area contributed by atoms with Crippen molar-refractivity contribution in [2.24, 2.45) is 7.05 Å². The maximum Gasteiger partial charge on any atom is 0.123 e. The average Bonchev–Trinajstić information content (AvgIpc) is 2.72. The van der Waals surface area contributed by atoms with Crippen LogP contribution in [-0.4, -0.2) is 9.78 Å². The summed E-state index contributed by atoms with van der Waals surface area (Å²) in [5, 5.41) is 7.44. The van der Waals surface area contributed by atoms with Crippen molar-refractivity contribution in [3.8, 4) is 0 Å². The number of aromatic nitrogens is 2. The number of aryl methyl sites for hydroxylation is 1. The van der Waals surface area contributed by atoms with Crippen LogP contribution in [-0.2, 0) is 13.6 Å². The van der Waals surface area contributed by atoms with E-state index in [1.807, 2.05) is 30.8 Å². The molecule has 0 aliphatic heterocycles. The van der Waals surface area contributed by atoms with E-state index >= 15 is 0 Å². The Bertz CT molecular complexity index is 493. The Kier molecular flexibility index (Phi) is 3.54. The summed E-state index contributed by atoms with van der Waals surface area (Å²) in [4.78, 5) is 0. The highest BCUT2D eigenvalue weighted by molar-refractivity contribution is 5.19. The molecule has 3 nitrogen and oxygen atoms in total. The molecule has 0 amide bonds. The Hall–Kier alpha value is -1.68. The minimum atomic E-state index is -0.198. The van der Waals surface area contributed by atoms with Crippen LogP contribution in [0.1, 0.15) is 24.2 Å². The summed E-state index contributed by atoms with van der Waals surface area (Å²) < 4.78 is 14.9. The van der Waals surface area contributed by atoms with Crippen molar-refractivity contribution in [3.63, 3.8) is 0 Å². The third kappa shape index (κ3) is 2.91. The van der Waals surface area contributed by atoms with E-state index in [0.29, 0.717) is 6.54 Å². The van der Waals surface area contributed by atoms with Gasteiger partial charge in [0.2, 0.25) is 0 Å². The van der Waals surface area contributed by atoms with Gasteiger partial charge >= 0.3 is 0 Å². The van der Waals surface area contributed by atoms with E-state index in [9.17, 15) is 4.39 Å². The summed E-state index contributed by atoms with van der Waals surface area (Å²) in [5.41, 5.74) is 2.06. The van der Waals surface area contributed by atoms with Gasteiger partial charge in [-0.25, -0.2) is 4.39 Å². The highest BCUT2D eigenvalue weighted by Gasteiger charge is 2.06. The molecule has 90 valence electrons. The van der Waals surface area contributed by atoms with Crippen molar-refractivity contribution in [1.82, 2.24) is 15.1 Å². The van der Waals surface area contributed by atoms with E-state index in [-0.39, 0.29) is 11.9 Å². The van der Waals surface area contributed by atoms with Crippen molar-refractivity contribution in [1.29, 1.82) is 0 Å². The zero-order chi connectivity index (χ0) is 12.3. The van der Waals surface area contributed by atoms with Gasteiger partial charge in [-0.3, -0.25) is 4.68 Å². The Morgan fingerprint density at radius 1 is 1.41 bits per heavy atom. The fourth-order valence-electron chi connectivity index (χ4n) is 1.73. The van der Waals surface area contributed by atoms with Gasteiger partial charge in [0, 0.05) is 25.8 Å². The Labute approximate surface area is 100 Å². The number of nitrogens with zero attached hydrogens (tertiary/aromatic N) is 2. The molecule has 0 saturated heterocycles. The van der Waals surface area contributed by atoms with Gasteiger partial charge in [-0.05, 0) is 30.7 Å². The van der Waals surface area contributed by atoms with Gasteiger partial charge in [0.15, 0.2) is 0 Å². The number of nitrogens with one attached hydrogen (secondary N) is 1. The van der Waals surface area contributed by atoms with Gasteiger partial charge in [0.1, 0.15) is 5.82 Å². The minimum Gasteiger partial charge on any atom is -0.305 e. The van der Waals surface area contributed by atoms with Crippen molar-refractivity contribution in [3.05, 3.63) is 53.6 Å². The molecule has 1 aromatic heterocycles. The van der Waals surface area contributed by atoms with E-state index < -0.39 is 0 Å². The summed E-state index contributed by atoms with van der Waals surface area (Å²) >= 11 is 0. The number of benzene rings is 1. The van der Waals surface area contributed by atoms with E-state index in [2.05, 4.69) is 10.4 Å². The van der Waals surface area contributed by atoms with Gasteiger partial charge in [0.25, 0.3) is 0 Å². The molecule has 0 spiro atoms. The van der Waals surface area contributed by atoms with Crippen molar-refractivity contribution < 1.29 is 4.39 Å². The quantitative estimate of drug-likeness (QED) is 0.878. The SMILES string of the molecule is C[C@@H](NCc1ccnn1C)c1cccc(F)c1. The Balaban J connectivity index is 1.98. The lowest BCUT2D eigenvalue weighted by Gasteiger charge is -2.14. The topological polar surface area (TPSA) is 29.9 Å². The second-order valence-electron chi connectivity index (χ2n) is 4.10. The zero-order valence-electron chi connectivity index (χ0n) is 10.0. The van der Waals surface area contributed by atoms with Gasteiger partial charge in [0.05, 0.1) is 5.69 Å². The van der Waals surface area contributed by atoms with Crippen LogP contribution in [0.5, 0.6) is 0 Å². The molecular formula is C13H16FN3. The van der Waals surface area contributed by atoms with Crippen LogP contribution in [0.4, 0.5) is 4.39 Å². The molecule has 4 heteroatoms. The molecule has 0 aliphatic carbocycles. The number of halogens is 1. The fraction of sp³-hybridized carbons (Fsp3) is 0.308. The molecule has 0 aliphatic rings. The van der Waals surface area contributed by atoms with E-state index in [4.69, 9.17) is 0 Å². The van der Waals surface area contributed by atoms with Crippen LogP contribution in [0.2, 0.25) is 0 Å². The van der Waals surface area contributed by atoms with Gasteiger partial charge in [-0.1, -0.05) is 12.1 Å². The molecule has 2 aromatic rings. The van der Waals surface area contributed by atoms with Crippen LogP contribution >= 0.6 is 0 Å². The molecular weight excluding hydrogens is 217 g/mol. The smallest absolute Gasteiger partial charge is 0.123 e. The van der Waals surface area contributed by atoms with Gasteiger partial charge < -0.3 is 5.32 Å². The third-order valence-corrected chi connectivity index (χ3v) is 2.86. The lowest BCUT2D eigenvalue weighted by atomic mass is 10.1. The largest absolute Gasteiger partial charge is 0.305 e. The molecule has 0 saturated carbocycles. The molecule has 1 heterocycles. The molecule has 2 rings (SSSR count). The van der Waals surface area contributed by atoms with Crippen molar-refractivity contribution in [2.45, 2.75) is 19.5 Å². The lowest BCUT2D eigenvalue weighted by Crippen LogP contribution is -2.19. The van der Waals surface area contributed by atoms with Crippen LogP contribution in [0.3, 0.4) is 0 Å². The summed E-state index contributed by atoms with van der Waals surface area (Å²) in [6, 6.07) is 8.74. The van der Waals surface area contributed by atoms with E-state index in [1.165, 1.54) is 6.07 Å². The predicted molar refractivity (Wildman–Crippen MR) is 64.9 cm³/mol. The first-order valence-electron chi connectivity index (χ1n) is 5.62. The molecule has 1 aromatic carbocycles.